The Morgan fingerprint density at radius 1 is 1.04 bits per heavy atom. The summed E-state index contributed by atoms with van der Waals surface area (Å²) in [6, 6.07) is 19.8. The van der Waals surface area contributed by atoms with Gasteiger partial charge in [-0.15, -0.1) is 0 Å². The second-order valence-corrected chi connectivity index (χ2v) is 7.53. The second-order valence-electron chi connectivity index (χ2n) is 7.53. The van der Waals surface area contributed by atoms with Gasteiger partial charge in [0, 0.05) is 36.8 Å². The van der Waals surface area contributed by atoms with Crippen molar-refractivity contribution < 1.29 is 9.47 Å². The van der Waals surface area contributed by atoms with E-state index in [2.05, 4.69) is 65.4 Å². The number of hydrogen-bond acceptors (Lipinski definition) is 2. The lowest BCUT2D eigenvalue weighted by Gasteiger charge is -2.41. The lowest BCUT2D eigenvalue weighted by Crippen LogP contribution is -2.41. The Kier molecular flexibility index (Phi) is 3.02. The topological polar surface area (TPSA) is 23.4 Å². The van der Waals surface area contributed by atoms with Crippen molar-refractivity contribution in [3.8, 4) is 0 Å². The summed E-state index contributed by atoms with van der Waals surface area (Å²) in [5.74, 6) is 0.520. The number of fused-ring (bicyclic) bond motifs is 4. The van der Waals surface area contributed by atoms with Crippen LogP contribution in [0.4, 0.5) is 0 Å². The third kappa shape index (κ3) is 1.75. The molecule has 0 amide bonds. The highest BCUT2D eigenvalue weighted by atomic mass is 16.5. The number of hydrogen-bond donors (Lipinski definition) is 0. The molecule has 3 heteroatoms. The Morgan fingerprint density at radius 3 is 2.77 bits per heavy atom. The molecule has 1 fully saturated rings. The summed E-state index contributed by atoms with van der Waals surface area (Å²) in [7, 11) is 1.84. The van der Waals surface area contributed by atoms with Crippen molar-refractivity contribution in [2.24, 2.45) is 5.92 Å². The fourth-order valence-electron chi connectivity index (χ4n) is 5.36. The van der Waals surface area contributed by atoms with Crippen molar-refractivity contribution in [2.45, 2.75) is 24.7 Å². The summed E-state index contributed by atoms with van der Waals surface area (Å²) in [6.45, 7) is 0.853. The number of ether oxygens (including phenoxy) is 2. The van der Waals surface area contributed by atoms with Crippen molar-refractivity contribution in [3.05, 3.63) is 77.5 Å². The summed E-state index contributed by atoms with van der Waals surface area (Å²) in [4.78, 5) is 0. The minimum atomic E-state index is -0.00486. The summed E-state index contributed by atoms with van der Waals surface area (Å²) < 4.78 is 14.7. The molecule has 0 radical (unpaired) electrons. The minimum Gasteiger partial charge on any atom is -0.374 e. The Labute approximate surface area is 152 Å². The molecular formula is C23H21NO2. The summed E-state index contributed by atoms with van der Waals surface area (Å²) >= 11 is 0. The third-order valence-electron chi connectivity index (χ3n) is 6.40. The van der Waals surface area contributed by atoms with Gasteiger partial charge >= 0.3 is 0 Å². The van der Waals surface area contributed by atoms with E-state index in [1.807, 2.05) is 7.11 Å². The number of rotatable bonds is 2. The van der Waals surface area contributed by atoms with E-state index in [-0.39, 0.29) is 18.2 Å². The van der Waals surface area contributed by atoms with Gasteiger partial charge in [-0.25, -0.2) is 0 Å². The van der Waals surface area contributed by atoms with E-state index in [0.29, 0.717) is 5.92 Å². The predicted octanol–water partition coefficient (Wildman–Crippen LogP) is 4.43. The zero-order valence-corrected chi connectivity index (χ0v) is 14.8. The Hall–Kier alpha value is -2.36. The van der Waals surface area contributed by atoms with Gasteiger partial charge < -0.3 is 14.0 Å². The van der Waals surface area contributed by atoms with E-state index in [1.165, 1.54) is 33.2 Å². The molecule has 3 heterocycles. The first-order valence-corrected chi connectivity index (χ1v) is 9.41. The quantitative estimate of drug-likeness (QED) is 0.687. The molecule has 2 aromatic carbocycles. The first kappa shape index (κ1) is 14.8. The molecule has 1 saturated heterocycles. The number of aromatic nitrogens is 1. The van der Waals surface area contributed by atoms with Crippen LogP contribution in [0.1, 0.15) is 23.6 Å². The molecule has 1 aromatic heterocycles. The maximum atomic E-state index is 6.15. The van der Waals surface area contributed by atoms with E-state index >= 15 is 0 Å². The number of methoxy groups -OCH3 is 1. The van der Waals surface area contributed by atoms with Crippen molar-refractivity contribution >= 4 is 16.5 Å². The fourth-order valence-corrected chi connectivity index (χ4v) is 5.36. The van der Waals surface area contributed by atoms with Crippen LogP contribution in [0.3, 0.4) is 0 Å². The van der Waals surface area contributed by atoms with E-state index in [4.69, 9.17) is 9.47 Å². The van der Waals surface area contributed by atoms with Crippen LogP contribution < -0.4 is 0 Å². The zero-order valence-electron chi connectivity index (χ0n) is 14.8. The van der Waals surface area contributed by atoms with Gasteiger partial charge in [0.1, 0.15) is 6.10 Å². The lowest BCUT2D eigenvalue weighted by atomic mass is 9.68. The largest absolute Gasteiger partial charge is 0.374 e. The highest BCUT2D eigenvalue weighted by molar-refractivity contribution is 5.97. The Balaban J connectivity index is 1.69. The average Bonchev–Trinajstić information content (AvgIpc) is 3.25. The van der Waals surface area contributed by atoms with Crippen molar-refractivity contribution in [1.29, 1.82) is 0 Å². The number of benzene rings is 2. The molecular weight excluding hydrogens is 322 g/mol. The summed E-state index contributed by atoms with van der Waals surface area (Å²) in [6.07, 6.45) is 3.56. The second kappa shape index (κ2) is 5.32. The first-order valence-electron chi connectivity index (χ1n) is 9.41. The molecule has 0 unspecified atom stereocenters. The van der Waals surface area contributed by atoms with Gasteiger partial charge in [0.15, 0.2) is 0 Å². The molecule has 0 saturated carbocycles. The standard InChI is InChI=1S/C23H21NO2/c1-25-23-19-18(17-11-13-26-22(17)19)16-9-5-8-15-10-12-24(20(15)16)21(23)14-6-3-2-4-7-14/h2-10,12,17,21-23H,11,13H2,1H3/t17-,21-,22-,23-/m1/s1. The van der Waals surface area contributed by atoms with Crippen molar-refractivity contribution in [2.75, 3.05) is 13.7 Å². The highest BCUT2D eigenvalue weighted by Crippen LogP contribution is 2.55. The van der Waals surface area contributed by atoms with Crippen LogP contribution in [0.15, 0.2) is 66.4 Å². The molecule has 3 nitrogen and oxygen atoms in total. The molecule has 2 aliphatic heterocycles. The monoisotopic (exact) mass is 343 g/mol. The van der Waals surface area contributed by atoms with Gasteiger partial charge in [-0.3, -0.25) is 0 Å². The van der Waals surface area contributed by atoms with Crippen LogP contribution >= 0.6 is 0 Å². The molecule has 4 atom stereocenters. The minimum absolute atomic E-state index is 0.00486. The van der Waals surface area contributed by atoms with Gasteiger partial charge in [0.2, 0.25) is 0 Å². The number of nitrogens with zero attached hydrogens (tertiary/aromatic N) is 1. The van der Waals surface area contributed by atoms with Gasteiger partial charge in [0.05, 0.1) is 17.7 Å². The maximum Gasteiger partial charge on any atom is 0.106 e. The fraction of sp³-hybridized carbons (Fsp3) is 0.304. The third-order valence-corrected chi connectivity index (χ3v) is 6.40. The average molecular weight is 343 g/mol. The zero-order chi connectivity index (χ0) is 17.3. The normalized spacial score (nSPS) is 29.3. The summed E-state index contributed by atoms with van der Waals surface area (Å²) in [5, 5.41) is 1.30. The molecule has 1 aliphatic carbocycles. The van der Waals surface area contributed by atoms with Gasteiger partial charge in [-0.05, 0) is 29.2 Å². The van der Waals surface area contributed by atoms with Crippen LogP contribution in [0.2, 0.25) is 0 Å². The Morgan fingerprint density at radius 2 is 1.92 bits per heavy atom. The van der Waals surface area contributed by atoms with E-state index in [1.54, 1.807) is 0 Å². The van der Waals surface area contributed by atoms with Crippen molar-refractivity contribution in [1.82, 2.24) is 4.57 Å². The first-order chi connectivity index (χ1) is 12.9. The SMILES string of the molecule is CO[C@@H]1C2=C(c3cccc4ccn(c34)[C@@H]1c1ccccc1)[C@H]1CCO[C@@H]21. The summed E-state index contributed by atoms with van der Waals surface area (Å²) in [5.41, 5.74) is 6.82. The van der Waals surface area contributed by atoms with Gasteiger partial charge in [-0.2, -0.15) is 0 Å². The molecule has 0 N–H and O–H groups in total. The van der Waals surface area contributed by atoms with Crippen LogP contribution in [0.5, 0.6) is 0 Å². The van der Waals surface area contributed by atoms with Crippen LogP contribution in [-0.4, -0.2) is 30.5 Å². The highest BCUT2D eigenvalue weighted by Gasteiger charge is 2.51. The molecule has 0 bridgehead atoms. The van der Waals surface area contributed by atoms with E-state index in [0.717, 1.165) is 13.0 Å². The molecule has 26 heavy (non-hydrogen) atoms. The van der Waals surface area contributed by atoms with Crippen LogP contribution in [-0.2, 0) is 9.47 Å². The van der Waals surface area contributed by atoms with Gasteiger partial charge in [-0.1, -0.05) is 48.5 Å². The molecule has 3 aliphatic rings. The van der Waals surface area contributed by atoms with E-state index < -0.39 is 0 Å². The maximum absolute atomic E-state index is 6.15. The predicted molar refractivity (Wildman–Crippen MR) is 102 cm³/mol. The molecule has 130 valence electrons. The van der Waals surface area contributed by atoms with Crippen molar-refractivity contribution in [3.63, 3.8) is 0 Å². The van der Waals surface area contributed by atoms with Gasteiger partial charge in [0.25, 0.3) is 0 Å². The molecule has 6 rings (SSSR count). The lowest BCUT2D eigenvalue weighted by molar-refractivity contribution is 0.0471. The number of para-hydroxylation sites is 1. The Bertz CT molecular complexity index is 1030. The van der Waals surface area contributed by atoms with Crippen LogP contribution in [0, 0.1) is 5.92 Å². The molecule has 3 aromatic rings. The van der Waals surface area contributed by atoms with E-state index in [9.17, 15) is 0 Å². The molecule has 0 spiro atoms. The van der Waals surface area contributed by atoms with Crippen LogP contribution in [0.25, 0.3) is 16.5 Å². The smallest absolute Gasteiger partial charge is 0.106 e.